The SMILES string of the molecule is CC(=O)O[C@H]1[C@H](C)[C@@H](C)OC(c2ccc(C)c(Cc3ccc(-c4ccc(C(=O)NC5CC5)cc4)s3)c2)[C@@H]1OC(C)=O.CO.Cc1ccc(C(O)[C@@H]2O[C@H]3OC(C)(C)O[C@H]3[C@@H]2O)cc1Cc1ccc(-c2ccc(C(=O)NC3CC3)cc2)s1. The molecule has 2 unspecified atom stereocenters. The molecule has 5 N–H and O–H groups in total. The largest absolute Gasteiger partial charge is 0.458 e. The van der Waals surface area contributed by atoms with Crippen LogP contribution in [0.1, 0.15) is 143 Å². The number of thiophene rings is 2. The van der Waals surface area contributed by atoms with Crippen LogP contribution in [0.2, 0.25) is 0 Å². The van der Waals surface area contributed by atoms with Gasteiger partial charge in [-0.1, -0.05) is 67.6 Å². The Morgan fingerprint density at radius 3 is 1.64 bits per heavy atom. The van der Waals surface area contributed by atoms with E-state index in [1.807, 2.05) is 86.6 Å². The molecule has 0 radical (unpaired) electrons. The molecule has 2 aliphatic carbocycles. The van der Waals surface area contributed by atoms with Crippen molar-refractivity contribution in [3.8, 4) is 20.9 Å². The van der Waals surface area contributed by atoms with Gasteiger partial charge in [0.05, 0.1) is 6.10 Å². The van der Waals surface area contributed by atoms with Crippen LogP contribution in [0.25, 0.3) is 20.9 Å². The van der Waals surface area contributed by atoms with Gasteiger partial charge in [-0.15, -0.1) is 22.7 Å². The van der Waals surface area contributed by atoms with Crippen LogP contribution in [0.4, 0.5) is 0 Å². The second-order valence-corrected chi connectivity index (χ2v) is 24.5. The summed E-state index contributed by atoms with van der Waals surface area (Å²) in [4.78, 5) is 53.2. The number of aliphatic hydroxyl groups is 3. The minimum atomic E-state index is -1.01. The van der Waals surface area contributed by atoms with E-state index in [1.165, 1.54) is 23.6 Å². The summed E-state index contributed by atoms with van der Waals surface area (Å²) in [6.07, 6.45) is -0.559. The first-order valence-corrected chi connectivity index (χ1v) is 29.4. The smallest absolute Gasteiger partial charge is 0.303 e. The van der Waals surface area contributed by atoms with Gasteiger partial charge in [-0.3, -0.25) is 19.2 Å². The zero-order valence-corrected chi connectivity index (χ0v) is 48.9. The first-order chi connectivity index (χ1) is 38.7. The van der Waals surface area contributed by atoms with Crippen LogP contribution in [-0.4, -0.2) is 107 Å². The molecule has 4 aromatic carbocycles. The maximum Gasteiger partial charge on any atom is 0.303 e. The Balaban J connectivity index is 0.000000190. The minimum Gasteiger partial charge on any atom is -0.458 e. The van der Waals surface area contributed by atoms with E-state index in [4.69, 9.17) is 33.5 Å². The Kier molecular flexibility index (Phi) is 18.8. The Labute approximate surface area is 481 Å². The first kappa shape index (κ1) is 59.5. The van der Waals surface area contributed by atoms with Gasteiger partial charge in [0.25, 0.3) is 11.8 Å². The summed E-state index contributed by atoms with van der Waals surface area (Å²) in [5.74, 6) is -1.85. The highest BCUT2D eigenvalue weighted by Crippen LogP contribution is 2.43. The highest BCUT2D eigenvalue weighted by molar-refractivity contribution is 7.15. The van der Waals surface area contributed by atoms with Gasteiger partial charge in [0.15, 0.2) is 18.2 Å². The van der Waals surface area contributed by atoms with E-state index in [2.05, 4.69) is 60.9 Å². The number of aryl methyl sites for hydroxylation is 2. The van der Waals surface area contributed by atoms with Gasteiger partial charge < -0.3 is 54.4 Å². The second-order valence-electron chi connectivity index (χ2n) is 22.2. The molecule has 10 atom stereocenters. The fourth-order valence-electron chi connectivity index (χ4n) is 10.4. The maximum absolute atomic E-state index is 12.3. The van der Waals surface area contributed by atoms with Gasteiger partial charge in [0, 0.05) is 82.4 Å². The van der Waals surface area contributed by atoms with Gasteiger partial charge in [0.1, 0.15) is 36.6 Å². The van der Waals surface area contributed by atoms with Crippen molar-refractivity contribution in [1.29, 1.82) is 0 Å². The van der Waals surface area contributed by atoms with Crippen molar-refractivity contribution in [1.82, 2.24) is 10.6 Å². The third-order valence-corrected chi connectivity index (χ3v) is 17.6. The molecule has 5 aliphatic rings. The Morgan fingerprint density at radius 1 is 0.654 bits per heavy atom. The summed E-state index contributed by atoms with van der Waals surface area (Å²) in [5.41, 5.74) is 9.60. The minimum absolute atomic E-state index is 0.00826. The van der Waals surface area contributed by atoms with Crippen molar-refractivity contribution in [3.63, 3.8) is 0 Å². The summed E-state index contributed by atoms with van der Waals surface area (Å²) in [5, 5.41) is 34.9. The van der Waals surface area contributed by atoms with Crippen molar-refractivity contribution >= 4 is 46.4 Å². The number of carbonyl (C=O) groups is 4. The van der Waals surface area contributed by atoms with E-state index < -0.39 is 66.7 Å². The number of amides is 2. The number of hydrogen-bond donors (Lipinski definition) is 5. The van der Waals surface area contributed by atoms with Crippen molar-refractivity contribution in [2.24, 2.45) is 5.92 Å². The molecule has 5 heterocycles. The number of nitrogens with one attached hydrogen (secondary N) is 2. The van der Waals surface area contributed by atoms with E-state index in [0.717, 1.165) is 94.3 Å². The second kappa shape index (κ2) is 25.6. The zero-order valence-electron chi connectivity index (χ0n) is 47.3. The van der Waals surface area contributed by atoms with Crippen molar-refractivity contribution in [3.05, 3.63) is 163 Å². The topological polar surface area (TPSA) is 208 Å². The molecule has 5 fully saturated rings. The molecule has 11 rings (SSSR count). The number of hydrogen-bond acceptors (Lipinski definition) is 15. The molecule has 6 aromatic rings. The predicted octanol–water partition coefficient (Wildman–Crippen LogP) is 10.3. The molecule has 430 valence electrons. The molecule has 3 saturated heterocycles. The Bertz CT molecular complexity index is 3180. The third kappa shape index (κ3) is 14.6. The van der Waals surface area contributed by atoms with Gasteiger partial charge >= 0.3 is 11.9 Å². The van der Waals surface area contributed by atoms with Crippen LogP contribution in [-0.2, 0) is 50.9 Å². The van der Waals surface area contributed by atoms with Gasteiger partial charge in [-0.05, 0) is 153 Å². The summed E-state index contributed by atoms with van der Waals surface area (Å²) < 4.78 is 35.1. The van der Waals surface area contributed by atoms with E-state index >= 15 is 0 Å². The van der Waals surface area contributed by atoms with E-state index in [1.54, 1.807) is 36.5 Å². The summed E-state index contributed by atoms with van der Waals surface area (Å²) >= 11 is 3.44. The molecule has 0 spiro atoms. The van der Waals surface area contributed by atoms with Crippen LogP contribution >= 0.6 is 22.7 Å². The van der Waals surface area contributed by atoms with E-state index in [9.17, 15) is 29.4 Å². The highest BCUT2D eigenvalue weighted by atomic mass is 32.1. The van der Waals surface area contributed by atoms with Gasteiger partial charge in [-0.25, -0.2) is 0 Å². The number of rotatable bonds is 15. The number of aliphatic hydroxyl groups excluding tert-OH is 3. The lowest BCUT2D eigenvalue weighted by Gasteiger charge is -2.43. The van der Waals surface area contributed by atoms with Crippen LogP contribution in [0.3, 0.4) is 0 Å². The first-order valence-electron chi connectivity index (χ1n) is 27.8. The average Bonchev–Trinajstić information content (AvgIpc) is 4.38. The maximum atomic E-state index is 12.3. The van der Waals surface area contributed by atoms with E-state index in [0.29, 0.717) is 28.8 Å². The number of carbonyl (C=O) groups excluding carboxylic acids is 4. The zero-order chi connectivity index (χ0) is 57.9. The van der Waals surface area contributed by atoms with Crippen LogP contribution in [0.5, 0.6) is 0 Å². The van der Waals surface area contributed by atoms with Crippen molar-refractivity contribution in [2.45, 2.75) is 167 Å². The van der Waals surface area contributed by atoms with Crippen LogP contribution < -0.4 is 10.6 Å². The molecule has 15 nitrogen and oxygen atoms in total. The molecule has 0 bridgehead atoms. The lowest BCUT2D eigenvalue weighted by atomic mass is 9.85. The quantitative estimate of drug-likeness (QED) is 0.0607. The fraction of sp³-hybridized carbons (Fsp3) is 0.438. The molecule has 2 aromatic heterocycles. The number of benzene rings is 4. The van der Waals surface area contributed by atoms with Crippen LogP contribution in [0, 0.1) is 19.8 Å². The Morgan fingerprint density at radius 2 is 1.15 bits per heavy atom. The van der Waals surface area contributed by atoms with Gasteiger partial charge in [-0.2, -0.15) is 0 Å². The predicted molar refractivity (Wildman–Crippen MR) is 310 cm³/mol. The lowest BCUT2D eigenvalue weighted by Crippen LogP contribution is -2.52. The fourth-order valence-corrected chi connectivity index (χ4v) is 12.5. The monoisotopic (exact) mass is 1140 g/mol. The normalized spacial score (nSPS) is 24.8. The van der Waals surface area contributed by atoms with Gasteiger partial charge in [0.2, 0.25) is 0 Å². The number of fused-ring (bicyclic) bond motifs is 1. The summed E-state index contributed by atoms with van der Waals surface area (Å²) in [7, 11) is 1.00. The molecule has 3 aliphatic heterocycles. The third-order valence-electron chi connectivity index (χ3n) is 15.4. The van der Waals surface area contributed by atoms with Crippen LogP contribution in [0.15, 0.2) is 109 Å². The highest BCUT2D eigenvalue weighted by Gasteiger charge is 2.56. The molecule has 2 saturated carbocycles. The molecular formula is C64H74N2O13S2. The standard InChI is InChI=1S/C33H37NO6S.C30H33NO6S.CH4O/c1-18-6-7-25(31-32(40-22(5)36)30(39-21(4)35)19(2)20(3)38-31)16-26(18)17-28-14-15-29(41-28)23-8-10-24(11-9-23)33(37)34-27-12-13-27;1-16-4-5-19(24(32)26-25(33)27-29(35-26)37-30(2,3)36-27)14-20(16)15-22-12-13-23(38-22)17-6-8-18(9-7-17)28(34)31-21-10-11-21;1-2/h6-11,14-16,19-20,27,30-32H,12-13,17H2,1-5H3,(H,34,37);4-9,12-14,21,24-27,29,32-33H,10-11,15H2,1-3H3,(H,31,34);2H,1H3/t19-,20-,30+,31?,32-;24?,25-,26+,27+,29+;/m11./s1. The summed E-state index contributed by atoms with van der Waals surface area (Å²) in [6.45, 7) is 14.3. The summed E-state index contributed by atoms with van der Waals surface area (Å²) in [6, 6.07) is 36.7. The van der Waals surface area contributed by atoms with Crippen molar-refractivity contribution in [2.75, 3.05) is 7.11 Å². The lowest BCUT2D eigenvalue weighted by molar-refractivity contribution is -0.226. The average molecular weight is 1140 g/mol. The molecule has 17 heteroatoms. The van der Waals surface area contributed by atoms with Crippen molar-refractivity contribution < 1.29 is 62.9 Å². The molecular weight excluding hydrogens is 1070 g/mol. The Hall–Kier alpha value is -6.12. The number of esters is 2. The molecule has 81 heavy (non-hydrogen) atoms. The van der Waals surface area contributed by atoms with E-state index in [-0.39, 0.29) is 23.8 Å². The molecule has 2 amide bonds. The number of ether oxygens (including phenoxy) is 6.